The first-order chi connectivity index (χ1) is 8.20. The fraction of sp³-hybridized carbons (Fsp3) is 0.571. The van der Waals surface area contributed by atoms with Gasteiger partial charge in [-0.1, -0.05) is 37.3 Å². The fourth-order valence-electron chi connectivity index (χ4n) is 2.82. The van der Waals surface area contributed by atoms with Gasteiger partial charge in [0, 0.05) is 11.0 Å². The third-order valence-electron chi connectivity index (χ3n) is 4.10. The number of benzene rings is 1. The third-order valence-corrected chi connectivity index (χ3v) is 4.10. The van der Waals surface area contributed by atoms with Gasteiger partial charge in [-0.3, -0.25) is 0 Å². The standard InChI is InChI=1S/C14H18O3/c1-14-9-16-13(10-5-3-2-4-6-10)17-12(14)8-7-11(14)15/h2-6,11-13,15H,7-9H2,1H3/t11-,12-,13+,14+/m0/s1. The highest BCUT2D eigenvalue weighted by Crippen LogP contribution is 2.46. The Labute approximate surface area is 101 Å². The molecule has 0 bridgehead atoms. The molecule has 1 saturated heterocycles. The molecule has 3 heteroatoms. The molecule has 0 spiro atoms. The van der Waals surface area contributed by atoms with Crippen LogP contribution in [0.2, 0.25) is 0 Å². The Bertz CT molecular complexity index is 392. The lowest BCUT2D eigenvalue weighted by atomic mass is 9.84. The molecule has 1 aromatic rings. The highest BCUT2D eigenvalue weighted by molar-refractivity contribution is 5.17. The van der Waals surface area contributed by atoms with Crippen LogP contribution >= 0.6 is 0 Å². The summed E-state index contributed by atoms with van der Waals surface area (Å²) in [6.45, 7) is 2.62. The van der Waals surface area contributed by atoms with E-state index in [4.69, 9.17) is 9.47 Å². The highest BCUT2D eigenvalue weighted by Gasteiger charge is 2.51. The largest absolute Gasteiger partial charge is 0.392 e. The van der Waals surface area contributed by atoms with Gasteiger partial charge in [0.15, 0.2) is 6.29 Å². The van der Waals surface area contributed by atoms with Gasteiger partial charge >= 0.3 is 0 Å². The van der Waals surface area contributed by atoms with Crippen molar-refractivity contribution in [3.05, 3.63) is 35.9 Å². The molecular weight excluding hydrogens is 216 g/mol. The SMILES string of the molecule is C[C@]12CO[C@@H](c3ccccc3)O[C@H]1CC[C@@H]2O. The first-order valence-electron chi connectivity index (χ1n) is 6.20. The lowest BCUT2D eigenvalue weighted by Crippen LogP contribution is -2.46. The Morgan fingerprint density at radius 2 is 2.00 bits per heavy atom. The summed E-state index contributed by atoms with van der Waals surface area (Å²) in [5.74, 6) is 0. The lowest BCUT2D eigenvalue weighted by molar-refractivity contribution is -0.270. The Morgan fingerprint density at radius 3 is 2.76 bits per heavy atom. The molecule has 1 aromatic carbocycles. The molecule has 0 radical (unpaired) electrons. The van der Waals surface area contributed by atoms with Crippen molar-refractivity contribution in [3.63, 3.8) is 0 Å². The second-order valence-corrected chi connectivity index (χ2v) is 5.28. The zero-order chi connectivity index (χ0) is 11.9. The van der Waals surface area contributed by atoms with Gasteiger partial charge in [0.25, 0.3) is 0 Å². The van der Waals surface area contributed by atoms with E-state index in [0.29, 0.717) is 6.61 Å². The van der Waals surface area contributed by atoms with E-state index in [0.717, 1.165) is 18.4 Å². The minimum Gasteiger partial charge on any atom is -0.392 e. The van der Waals surface area contributed by atoms with Crippen LogP contribution in [0.1, 0.15) is 31.6 Å². The molecule has 1 N–H and O–H groups in total. The number of fused-ring (bicyclic) bond motifs is 1. The Balaban J connectivity index is 1.78. The van der Waals surface area contributed by atoms with Crippen LogP contribution < -0.4 is 0 Å². The summed E-state index contributed by atoms with van der Waals surface area (Å²) in [6, 6.07) is 9.98. The Kier molecular flexibility index (Phi) is 2.69. The summed E-state index contributed by atoms with van der Waals surface area (Å²) < 4.78 is 11.8. The second-order valence-electron chi connectivity index (χ2n) is 5.28. The molecule has 17 heavy (non-hydrogen) atoms. The number of hydrogen-bond donors (Lipinski definition) is 1. The van der Waals surface area contributed by atoms with E-state index in [9.17, 15) is 5.11 Å². The smallest absolute Gasteiger partial charge is 0.184 e. The summed E-state index contributed by atoms with van der Waals surface area (Å²) in [4.78, 5) is 0. The minimum atomic E-state index is -0.302. The number of aliphatic hydroxyl groups excluding tert-OH is 1. The predicted molar refractivity (Wildman–Crippen MR) is 63.4 cm³/mol. The molecular formula is C14H18O3. The van der Waals surface area contributed by atoms with E-state index >= 15 is 0 Å². The quantitative estimate of drug-likeness (QED) is 0.810. The zero-order valence-corrected chi connectivity index (χ0v) is 10.0. The minimum absolute atomic E-state index is 0.108. The van der Waals surface area contributed by atoms with Gasteiger partial charge in [-0.2, -0.15) is 0 Å². The van der Waals surface area contributed by atoms with Crippen LogP contribution in [0.25, 0.3) is 0 Å². The number of hydrogen-bond acceptors (Lipinski definition) is 3. The van der Waals surface area contributed by atoms with Crippen molar-refractivity contribution in [2.24, 2.45) is 5.41 Å². The maximum Gasteiger partial charge on any atom is 0.184 e. The fourth-order valence-corrected chi connectivity index (χ4v) is 2.82. The summed E-state index contributed by atoms with van der Waals surface area (Å²) in [7, 11) is 0. The highest BCUT2D eigenvalue weighted by atomic mass is 16.7. The predicted octanol–water partition coefficient (Wildman–Crippen LogP) is 2.26. The van der Waals surface area contributed by atoms with Gasteiger partial charge in [-0.05, 0) is 12.8 Å². The van der Waals surface area contributed by atoms with Crippen molar-refractivity contribution >= 4 is 0 Å². The first-order valence-corrected chi connectivity index (χ1v) is 6.20. The number of rotatable bonds is 1. The molecule has 3 nitrogen and oxygen atoms in total. The normalized spacial score (nSPS) is 41.2. The molecule has 1 aliphatic carbocycles. The van der Waals surface area contributed by atoms with E-state index in [-0.39, 0.29) is 23.9 Å². The summed E-state index contributed by atoms with van der Waals surface area (Å²) in [5, 5.41) is 9.98. The average molecular weight is 234 g/mol. The number of ether oxygens (including phenoxy) is 2. The monoisotopic (exact) mass is 234 g/mol. The summed E-state index contributed by atoms with van der Waals surface area (Å²) in [6.07, 6.45) is 1.26. The molecule has 1 aliphatic heterocycles. The molecule has 3 rings (SSSR count). The first kappa shape index (κ1) is 11.2. The lowest BCUT2D eigenvalue weighted by Gasteiger charge is -2.41. The van der Waals surface area contributed by atoms with Gasteiger partial charge in [0.2, 0.25) is 0 Å². The summed E-state index contributed by atoms with van der Waals surface area (Å²) in [5.41, 5.74) is 0.821. The van der Waals surface area contributed by atoms with Gasteiger partial charge in [-0.15, -0.1) is 0 Å². The van der Waals surface area contributed by atoms with Crippen LogP contribution in [-0.2, 0) is 9.47 Å². The molecule has 0 unspecified atom stereocenters. The average Bonchev–Trinajstić information content (AvgIpc) is 2.66. The maximum absolute atomic E-state index is 9.98. The van der Waals surface area contributed by atoms with E-state index in [1.54, 1.807) is 0 Å². The maximum atomic E-state index is 9.98. The topological polar surface area (TPSA) is 38.7 Å². The molecule has 2 aliphatic rings. The van der Waals surface area contributed by atoms with Crippen LogP contribution in [0, 0.1) is 5.41 Å². The Morgan fingerprint density at radius 1 is 1.24 bits per heavy atom. The van der Waals surface area contributed by atoms with Gasteiger partial charge in [0.05, 0.1) is 18.8 Å². The van der Waals surface area contributed by atoms with Crippen molar-refractivity contribution < 1.29 is 14.6 Å². The zero-order valence-electron chi connectivity index (χ0n) is 10.0. The molecule has 0 amide bonds. The van der Waals surface area contributed by atoms with E-state index in [1.165, 1.54) is 0 Å². The second kappa shape index (κ2) is 4.09. The van der Waals surface area contributed by atoms with Gasteiger partial charge in [-0.25, -0.2) is 0 Å². The van der Waals surface area contributed by atoms with Crippen molar-refractivity contribution in [2.45, 2.75) is 38.3 Å². The van der Waals surface area contributed by atoms with Crippen LogP contribution in [-0.4, -0.2) is 23.9 Å². The number of aliphatic hydroxyl groups is 1. The van der Waals surface area contributed by atoms with Crippen molar-refractivity contribution in [2.75, 3.05) is 6.61 Å². The molecule has 92 valence electrons. The Hall–Kier alpha value is -0.900. The van der Waals surface area contributed by atoms with Crippen LogP contribution in [0.15, 0.2) is 30.3 Å². The van der Waals surface area contributed by atoms with Crippen LogP contribution in [0.4, 0.5) is 0 Å². The van der Waals surface area contributed by atoms with Gasteiger partial charge < -0.3 is 14.6 Å². The van der Waals surface area contributed by atoms with Crippen LogP contribution in [0.5, 0.6) is 0 Å². The summed E-state index contributed by atoms with van der Waals surface area (Å²) >= 11 is 0. The van der Waals surface area contributed by atoms with E-state index in [2.05, 4.69) is 6.92 Å². The molecule has 2 fully saturated rings. The van der Waals surface area contributed by atoms with Crippen molar-refractivity contribution in [1.82, 2.24) is 0 Å². The van der Waals surface area contributed by atoms with Crippen LogP contribution in [0.3, 0.4) is 0 Å². The van der Waals surface area contributed by atoms with Crippen molar-refractivity contribution in [1.29, 1.82) is 0 Å². The van der Waals surface area contributed by atoms with E-state index < -0.39 is 0 Å². The molecule has 1 heterocycles. The molecule has 0 aromatic heterocycles. The van der Waals surface area contributed by atoms with Gasteiger partial charge in [0.1, 0.15) is 0 Å². The molecule has 1 saturated carbocycles. The van der Waals surface area contributed by atoms with E-state index in [1.807, 2.05) is 30.3 Å². The van der Waals surface area contributed by atoms with Crippen molar-refractivity contribution in [3.8, 4) is 0 Å². The molecule has 4 atom stereocenters. The third kappa shape index (κ3) is 1.79.